The van der Waals surface area contributed by atoms with Gasteiger partial charge in [-0.3, -0.25) is 4.68 Å². The maximum atomic E-state index is 12.2. The molecule has 0 aliphatic heterocycles. The first-order chi connectivity index (χ1) is 7.43. The van der Waals surface area contributed by atoms with Crippen LogP contribution in [0.4, 0.5) is 13.2 Å². The van der Waals surface area contributed by atoms with Crippen LogP contribution in [0, 0.1) is 5.92 Å². The molecule has 0 N–H and O–H groups in total. The number of rotatable bonds is 5. The van der Waals surface area contributed by atoms with Crippen LogP contribution >= 0.6 is 12.6 Å². The molecule has 0 aliphatic rings. The first-order valence-electron chi connectivity index (χ1n) is 5.15. The zero-order valence-corrected chi connectivity index (χ0v) is 9.93. The second-order valence-corrected chi connectivity index (χ2v) is 4.32. The van der Waals surface area contributed by atoms with Gasteiger partial charge in [0, 0.05) is 12.7 Å². The van der Waals surface area contributed by atoms with E-state index < -0.39 is 11.9 Å². The van der Waals surface area contributed by atoms with Crippen LogP contribution in [0.2, 0.25) is 0 Å². The Kier molecular flexibility index (Phi) is 4.70. The van der Waals surface area contributed by atoms with Crippen LogP contribution in [0.3, 0.4) is 0 Å². The maximum Gasteiger partial charge on any atom is 0.435 e. The van der Waals surface area contributed by atoms with Crippen molar-refractivity contribution in [2.45, 2.75) is 32.5 Å². The third-order valence-electron chi connectivity index (χ3n) is 2.40. The molecule has 0 bridgehead atoms. The number of hydrogen-bond acceptors (Lipinski definition) is 2. The number of aromatic nitrogens is 2. The number of alkyl halides is 3. The van der Waals surface area contributed by atoms with E-state index >= 15 is 0 Å². The molecule has 1 aromatic rings. The summed E-state index contributed by atoms with van der Waals surface area (Å²) in [5, 5.41) is 3.49. The molecule has 1 aromatic heterocycles. The lowest BCUT2D eigenvalue weighted by atomic mass is 10.1. The molecule has 0 saturated heterocycles. The third kappa shape index (κ3) is 4.08. The van der Waals surface area contributed by atoms with Crippen molar-refractivity contribution in [3.8, 4) is 0 Å². The lowest BCUT2D eigenvalue weighted by Crippen LogP contribution is -2.09. The summed E-state index contributed by atoms with van der Waals surface area (Å²) in [5.74, 6) is 1.25. The summed E-state index contributed by atoms with van der Waals surface area (Å²) in [4.78, 5) is 0. The lowest BCUT2D eigenvalue weighted by molar-refractivity contribution is -0.141. The molecule has 1 heterocycles. The molecule has 0 fully saturated rings. The minimum absolute atomic E-state index is 0.455. The normalized spacial score (nSPS) is 14.1. The van der Waals surface area contributed by atoms with E-state index in [1.807, 2.05) is 0 Å². The zero-order chi connectivity index (χ0) is 12.2. The summed E-state index contributed by atoms with van der Waals surface area (Å²) in [6, 6.07) is 1.00. The van der Waals surface area contributed by atoms with Crippen molar-refractivity contribution in [1.82, 2.24) is 9.78 Å². The Bertz CT molecular complexity index is 322. The summed E-state index contributed by atoms with van der Waals surface area (Å²) in [7, 11) is 0. The Morgan fingerprint density at radius 1 is 1.44 bits per heavy atom. The second kappa shape index (κ2) is 5.61. The molecule has 2 nitrogen and oxygen atoms in total. The van der Waals surface area contributed by atoms with E-state index in [1.165, 1.54) is 10.9 Å². The van der Waals surface area contributed by atoms with Crippen LogP contribution in [0.25, 0.3) is 0 Å². The van der Waals surface area contributed by atoms with Crippen molar-refractivity contribution in [2.24, 2.45) is 5.92 Å². The zero-order valence-electron chi connectivity index (χ0n) is 9.04. The molecule has 0 amide bonds. The van der Waals surface area contributed by atoms with E-state index in [2.05, 4.69) is 24.7 Å². The van der Waals surface area contributed by atoms with Gasteiger partial charge in [-0.1, -0.05) is 6.92 Å². The fraction of sp³-hybridized carbons (Fsp3) is 0.700. The number of thiol groups is 1. The standard InChI is InChI=1S/C10H15F3N2S/c1-8(4-7-16)2-5-15-6-3-9(14-15)10(11,12)13/h3,6,8,16H,2,4-5,7H2,1H3. The van der Waals surface area contributed by atoms with Crippen LogP contribution in [0.1, 0.15) is 25.5 Å². The molecule has 0 saturated carbocycles. The smallest absolute Gasteiger partial charge is 0.272 e. The fourth-order valence-corrected chi connectivity index (χ4v) is 1.80. The summed E-state index contributed by atoms with van der Waals surface area (Å²) in [6.45, 7) is 2.58. The van der Waals surface area contributed by atoms with E-state index in [0.717, 1.165) is 24.7 Å². The third-order valence-corrected chi connectivity index (χ3v) is 2.66. The average Bonchev–Trinajstić information content (AvgIpc) is 2.63. The van der Waals surface area contributed by atoms with Gasteiger partial charge in [0.2, 0.25) is 0 Å². The average molecular weight is 252 g/mol. The van der Waals surface area contributed by atoms with Gasteiger partial charge < -0.3 is 0 Å². The first kappa shape index (κ1) is 13.4. The monoisotopic (exact) mass is 252 g/mol. The largest absolute Gasteiger partial charge is 0.435 e. The van der Waals surface area contributed by atoms with Crippen molar-refractivity contribution in [2.75, 3.05) is 5.75 Å². The number of halogens is 3. The molecular formula is C10H15F3N2S. The Morgan fingerprint density at radius 3 is 2.62 bits per heavy atom. The molecule has 0 aromatic carbocycles. The van der Waals surface area contributed by atoms with Gasteiger partial charge >= 0.3 is 6.18 Å². The predicted molar refractivity (Wildman–Crippen MR) is 59.5 cm³/mol. The Morgan fingerprint density at radius 2 is 2.12 bits per heavy atom. The summed E-state index contributed by atoms with van der Waals surface area (Å²) in [5.41, 5.74) is -0.825. The Hall–Kier alpha value is -0.650. The number of aryl methyl sites for hydroxylation is 1. The van der Waals surface area contributed by atoms with E-state index in [4.69, 9.17) is 0 Å². The fourth-order valence-electron chi connectivity index (χ4n) is 1.35. The number of nitrogens with zero attached hydrogens (tertiary/aromatic N) is 2. The first-order valence-corrected chi connectivity index (χ1v) is 5.78. The minimum Gasteiger partial charge on any atom is -0.272 e. The highest BCUT2D eigenvalue weighted by molar-refractivity contribution is 7.80. The van der Waals surface area contributed by atoms with Crippen LogP contribution in [-0.4, -0.2) is 15.5 Å². The Balaban J connectivity index is 2.47. The SMILES string of the molecule is CC(CCS)CCn1ccc(C(F)(F)F)n1. The van der Waals surface area contributed by atoms with Gasteiger partial charge in [0.15, 0.2) is 5.69 Å². The minimum atomic E-state index is -4.35. The molecule has 1 unspecified atom stereocenters. The lowest BCUT2D eigenvalue weighted by Gasteiger charge is -2.09. The van der Waals surface area contributed by atoms with E-state index in [9.17, 15) is 13.2 Å². The highest BCUT2D eigenvalue weighted by Crippen LogP contribution is 2.27. The highest BCUT2D eigenvalue weighted by Gasteiger charge is 2.33. The molecule has 0 spiro atoms. The number of hydrogen-bond donors (Lipinski definition) is 1. The summed E-state index contributed by atoms with van der Waals surface area (Å²) in [6.07, 6.45) is -1.19. The maximum absolute atomic E-state index is 12.2. The van der Waals surface area contributed by atoms with Crippen LogP contribution < -0.4 is 0 Å². The van der Waals surface area contributed by atoms with Gasteiger partial charge in [-0.25, -0.2) is 0 Å². The van der Waals surface area contributed by atoms with Gasteiger partial charge in [-0.05, 0) is 30.6 Å². The van der Waals surface area contributed by atoms with Crippen molar-refractivity contribution in [1.29, 1.82) is 0 Å². The van der Waals surface area contributed by atoms with Crippen LogP contribution in [-0.2, 0) is 12.7 Å². The van der Waals surface area contributed by atoms with Gasteiger partial charge in [0.1, 0.15) is 0 Å². The Labute approximate surface area is 98.2 Å². The van der Waals surface area contributed by atoms with Crippen molar-refractivity contribution in [3.05, 3.63) is 18.0 Å². The summed E-state index contributed by atoms with van der Waals surface area (Å²) < 4.78 is 38.0. The van der Waals surface area contributed by atoms with Gasteiger partial charge in [-0.2, -0.15) is 30.9 Å². The van der Waals surface area contributed by atoms with Gasteiger partial charge in [0.05, 0.1) is 0 Å². The van der Waals surface area contributed by atoms with E-state index in [0.29, 0.717) is 12.5 Å². The molecular weight excluding hydrogens is 237 g/mol. The highest BCUT2D eigenvalue weighted by atomic mass is 32.1. The molecule has 1 rings (SSSR count). The predicted octanol–water partition coefficient (Wildman–Crippen LogP) is 3.25. The molecule has 0 radical (unpaired) electrons. The molecule has 1 atom stereocenters. The summed E-state index contributed by atoms with van der Waals surface area (Å²) >= 11 is 4.11. The van der Waals surface area contributed by atoms with Gasteiger partial charge in [-0.15, -0.1) is 0 Å². The molecule has 16 heavy (non-hydrogen) atoms. The molecule has 6 heteroatoms. The van der Waals surface area contributed by atoms with Crippen molar-refractivity contribution in [3.63, 3.8) is 0 Å². The van der Waals surface area contributed by atoms with Crippen molar-refractivity contribution >= 4 is 12.6 Å². The quantitative estimate of drug-likeness (QED) is 0.796. The van der Waals surface area contributed by atoms with Crippen LogP contribution in [0.5, 0.6) is 0 Å². The molecule has 92 valence electrons. The molecule has 0 aliphatic carbocycles. The van der Waals surface area contributed by atoms with E-state index in [-0.39, 0.29) is 0 Å². The van der Waals surface area contributed by atoms with Crippen LogP contribution in [0.15, 0.2) is 12.3 Å². The van der Waals surface area contributed by atoms with Crippen molar-refractivity contribution < 1.29 is 13.2 Å². The van der Waals surface area contributed by atoms with Gasteiger partial charge in [0.25, 0.3) is 0 Å². The second-order valence-electron chi connectivity index (χ2n) is 3.87. The van der Waals surface area contributed by atoms with E-state index in [1.54, 1.807) is 0 Å². The topological polar surface area (TPSA) is 17.8 Å².